The second-order valence-electron chi connectivity index (χ2n) is 30.5. The van der Waals surface area contributed by atoms with E-state index in [-0.39, 0.29) is 75.7 Å². The summed E-state index contributed by atoms with van der Waals surface area (Å²) in [4.78, 5) is 194. The van der Waals surface area contributed by atoms with Crippen LogP contribution in [-0.2, 0) is 81.3 Å². The van der Waals surface area contributed by atoms with Crippen LogP contribution in [0.15, 0.2) is 12.2 Å². The van der Waals surface area contributed by atoms with Crippen molar-refractivity contribution in [2.24, 2.45) is 41.4 Å². The molecule has 0 heterocycles. The molecule has 0 aromatic carbocycles. The number of rotatable bonds is 44. The van der Waals surface area contributed by atoms with Gasteiger partial charge in [-0.15, -0.1) is 0 Å². The lowest BCUT2D eigenvalue weighted by Crippen LogP contribution is -2.63. The molecular weight excluding hydrogens is 1330 g/mol. The number of esters is 2. The lowest BCUT2D eigenvalue weighted by atomic mass is 9.91. The van der Waals surface area contributed by atoms with Crippen LogP contribution in [0.25, 0.3) is 0 Å². The zero-order valence-corrected chi connectivity index (χ0v) is 68.1. The van der Waals surface area contributed by atoms with Crippen LogP contribution in [0.1, 0.15) is 178 Å². The largest absolute Gasteiger partial charge is 0.462 e. The second-order valence-corrected chi connectivity index (χ2v) is 30.5. The van der Waals surface area contributed by atoms with E-state index in [2.05, 4.69) is 26.6 Å². The van der Waals surface area contributed by atoms with Crippen LogP contribution in [0.3, 0.4) is 0 Å². The average molecular weight is 1460 g/mol. The maximum absolute atomic E-state index is 15.3. The van der Waals surface area contributed by atoms with Crippen LogP contribution in [0.4, 0.5) is 0 Å². The van der Waals surface area contributed by atoms with E-state index in [9.17, 15) is 47.9 Å². The van der Waals surface area contributed by atoms with E-state index < -0.39 is 173 Å². The minimum atomic E-state index is -1.57. The van der Waals surface area contributed by atoms with Crippen molar-refractivity contribution in [1.82, 2.24) is 60.9 Å². The van der Waals surface area contributed by atoms with E-state index in [1.807, 2.05) is 68.4 Å². The van der Waals surface area contributed by atoms with Crippen LogP contribution < -0.4 is 26.6 Å². The summed E-state index contributed by atoms with van der Waals surface area (Å²) in [6.07, 6.45) is 3.05. The SMILES string of the molecule is C/C=C/C[C@@H](C)[C@@H](OC(C)=O)[C@@H](C(=O)N[C@@H](CC)C(=O)OCCN(C)C(C)=O)N(C)C(=O)[C@H](C(C)C)N(C)C(=O)[C@H](CC(C)C)N(C)C(=O)[C@H](CC(C)C)N(C)C(=O)[C@@H](C)NC(=O)[C@H](C)NC(=O)[C@H](CC(C)C)N(C)C(=O)[C@@H](NC(=O)[C@H]([C@H](C)COC)N(C)C(=O)[C@@H](COC(C)(C)C)NC)C(C)C. The fraction of sp³-hybridized carbons (Fsp3) is 0.797. The van der Waals surface area contributed by atoms with Crippen molar-refractivity contribution in [2.45, 2.75) is 256 Å². The van der Waals surface area contributed by atoms with Crippen LogP contribution in [0.5, 0.6) is 0 Å². The number of hydrogen-bond donors (Lipinski definition) is 5. The highest BCUT2D eigenvalue weighted by atomic mass is 16.5. The summed E-state index contributed by atoms with van der Waals surface area (Å²) < 4.78 is 22.6. The van der Waals surface area contributed by atoms with Gasteiger partial charge >= 0.3 is 11.9 Å². The highest BCUT2D eigenvalue weighted by Crippen LogP contribution is 2.27. The van der Waals surface area contributed by atoms with Crippen LogP contribution in [-0.4, -0.2) is 279 Å². The van der Waals surface area contributed by atoms with Crippen molar-refractivity contribution in [1.29, 1.82) is 0 Å². The predicted octanol–water partition coefficient (Wildman–Crippen LogP) is 4.03. The molecule has 5 N–H and O–H groups in total. The van der Waals surface area contributed by atoms with E-state index in [4.69, 9.17) is 18.9 Å². The highest BCUT2D eigenvalue weighted by molar-refractivity contribution is 5.99. The summed E-state index contributed by atoms with van der Waals surface area (Å²) in [6.45, 7) is 36.0. The van der Waals surface area contributed by atoms with E-state index in [0.717, 1.165) is 4.90 Å². The molecule has 0 rings (SSSR count). The molecule has 0 aromatic rings. The first kappa shape index (κ1) is 95.7. The van der Waals surface area contributed by atoms with Gasteiger partial charge in [-0.1, -0.05) is 102 Å². The molecule has 0 aliphatic carbocycles. The Labute approximate surface area is 615 Å². The van der Waals surface area contributed by atoms with Crippen LogP contribution in [0, 0.1) is 41.4 Å². The third-order valence-electron chi connectivity index (χ3n) is 18.3. The molecule has 0 spiro atoms. The number of nitrogens with one attached hydrogen (secondary N) is 5. The van der Waals surface area contributed by atoms with Crippen molar-refractivity contribution in [3.63, 3.8) is 0 Å². The number of hydrogen-bond acceptors (Lipinski definition) is 18. The Bertz CT molecular complexity index is 2830. The molecular formula is C74H134N12O17. The number of carbonyl (C=O) groups is 13. The van der Waals surface area contributed by atoms with Gasteiger partial charge in [0.1, 0.15) is 79.2 Å². The Morgan fingerprint density at radius 3 is 1.40 bits per heavy atom. The summed E-state index contributed by atoms with van der Waals surface area (Å²) in [5.74, 6) is -11.2. The van der Waals surface area contributed by atoms with Gasteiger partial charge in [-0.3, -0.25) is 57.5 Å². The molecule has 0 saturated heterocycles. The highest BCUT2D eigenvalue weighted by Gasteiger charge is 2.47. The predicted molar refractivity (Wildman–Crippen MR) is 395 cm³/mol. The summed E-state index contributed by atoms with van der Waals surface area (Å²) in [6, 6.07) is -13.3. The van der Waals surface area contributed by atoms with Crippen molar-refractivity contribution < 1.29 is 81.3 Å². The normalized spacial score (nSPS) is 15.9. The molecule has 29 nitrogen and oxygen atoms in total. The van der Waals surface area contributed by atoms with Gasteiger partial charge in [0.25, 0.3) is 0 Å². The summed E-state index contributed by atoms with van der Waals surface area (Å²) in [5.41, 5.74) is -0.550. The quantitative estimate of drug-likeness (QED) is 0.0425. The van der Waals surface area contributed by atoms with Crippen molar-refractivity contribution >= 4 is 76.9 Å². The number of carbonyl (C=O) groups excluding carboxylic acids is 13. The fourth-order valence-electron chi connectivity index (χ4n) is 12.0. The number of methoxy groups -OCH3 is 1. The fourth-order valence-corrected chi connectivity index (χ4v) is 12.0. The van der Waals surface area contributed by atoms with Gasteiger partial charge in [0.15, 0.2) is 0 Å². The standard InChI is InChI=1S/C74H134N12O17/c1-31-33-34-47(13)62(103-52(18)88)61(66(92)78-53(32-2)73(99)101-36-35-80(23)51(17)87)86(29)72(98)59(46(11)12)84(27)70(96)57(39-44(7)8)83(26)69(95)56(38-43(5)6)82(25)67(93)50(16)77-63(89)49(15)76-64(90)55(37-42(3)4)81(24)71(97)58(45(9)10)79-65(91)60(48(14)40-100-30)85(28)68(94)54(75-22)41-102-74(19,20)21/h31,33,42-50,53-62,75H,32,34-41H2,1-30H3,(H,76,90)(H,77,89)(H,78,92)(H,79,91)/b33-31+/t47-,48-,49+,50-,53+,54-,55+,56+,57+,58+,59+,60+,61+,62-/m1/s1. The molecule has 0 saturated carbocycles. The monoisotopic (exact) mass is 1460 g/mol. The molecule has 0 aliphatic rings. The third kappa shape index (κ3) is 30.4. The number of ether oxygens (including phenoxy) is 4. The number of likely N-dealkylation sites (N-methyl/N-ethyl adjacent to an activating group) is 8. The minimum absolute atomic E-state index is 0.0222. The van der Waals surface area contributed by atoms with E-state index in [1.165, 1.54) is 106 Å². The van der Waals surface area contributed by atoms with Crippen molar-refractivity contribution in [2.75, 3.05) is 89.9 Å². The van der Waals surface area contributed by atoms with Crippen LogP contribution in [0.2, 0.25) is 0 Å². The Hall–Kier alpha value is -7.27. The zero-order chi connectivity index (χ0) is 80.2. The number of nitrogens with zero attached hydrogens (tertiary/aromatic N) is 7. The van der Waals surface area contributed by atoms with Crippen molar-refractivity contribution in [3.8, 4) is 0 Å². The van der Waals surface area contributed by atoms with Gasteiger partial charge in [-0.05, 0) is 116 Å². The maximum atomic E-state index is 15.3. The van der Waals surface area contributed by atoms with Crippen LogP contribution >= 0.6 is 0 Å². The molecule has 14 atom stereocenters. The first-order valence-corrected chi connectivity index (χ1v) is 36.3. The summed E-state index contributed by atoms with van der Waals surface area (Å²) in [5, 5.41) is 13.9. The number of allylic oxidation sites excluding steroid dienone is 2. The molecule has 0 aromatic heterocycles. The molecule has 0 fully saturated rings. The minimum Gasteiger partial charge on any atom is -0.462 e. The zero-order valence-electron chi connectivity index (χ0n) is 68.1. The first-order valence-electron chi connectivity index (χ1n) is 36.3. The van der Waals surface area contributed by atoms with Gasteiger partial charge < -0.3 is 79.8 Å². The molecule has 0 unspecified atom stereocenters. The molecule has 0 aliphatic heterocycles. The molecule has 0 radical (unpaired) electrons. The van der Waals surface area contributed by atoms with E-state index >= 15 is 14.4 Å². The Balaban J connectivity index is 7.20. The lowest BCUT2D eigenvalue weighted by Gasteiger charge is -2.42. The molecule has 0 bridgehead atoms. The molecule has 103 heavy (non-hydrogen) atoms. The molecule has 592 valence electrons. The van der Waals surface area contributed by atoms with Gasteiger partial charge in [0, 0.05) is 76.2 Å². The lowest BCUT2D eigenvalue weighted by molar-refractivity contribution is -0.164. The Morgan fingerprint density at radius 2 is 0.951 bits per heavy atom. The Morgan fingerprint density at radius 1 is 0.485 bits per heavy atom. The molecule has 29 heteroatoms. The van der Waals surface area contributed by atoms with Gasteiger partial charge in [0.2, 0.25) is 65.0 Å². The van der Waals surface area contributed by atoms with E-state index in [1.54, 1.807) is 75.6 Å². The molecule has 11 amide bonds. The summed E-state index contributed by atoms with van der Waals surface area (Å²) in [7, 11) is 13.2. The van der Waals surface area contributed by atoms with E-state index in [0.29, 0.717) is 6.42 Å². The first-order chi connectivity index (χ1) is 47.5. The van der Waals surface area contributed by atoms with Gasteiger partial charge in [0.05, 0.1) is 25.4 Å². The van der Waals surface area contributed by atoms with Gasteiger partial charge in [-0.2, -0.15) is 0 Å². The van der Waals surface area contributed by atoms with Crippen molar-refractivity contribution in [3.05, 3.63) is 12.2 Å². The number of amides is 11. The third-order valence-corrected chi connectivity index (χ3v) is 18.3. The average Bonchev–Trinajstić information content (AvgIpc) is 0.820. The smallest absolute Gasteiger partial charge is 0.328 e. The topological polar surface area (TPSA) is 342 Å². The maximum Gasteiger partial charge on any atom is 0.328 e. The second kappa shape index (κ2) is 45.2. The summed E-state index contributed by atoms with van der Waals surface area (Å²) >= 11 is 0. The Kier molecular flexibility index (Phi) is 42.0. The van der Waals surface area contributed by atoms with Gasteiger partial charge in [-0.25, -0.2) is 4.79 Å².